The molecular weight excluding hydrogens is 294 g/mol. The molecule has 1 unspecified atom stereocenters. The van der Waals surface area contributed by atoms with E-state index in [0.29, 0.717) is 6.54 Å². The maximum atomic E-state index is 11.2. The van der Waals surface area contributed by atoms with E-state index in [4.69, 9.17) is 5.14 Å². The van der Waals surface area contributed by atoms with Crippen LogP contribution < -0.4 is 10.5 Å². The number of hydrogen-bond donors (Lipinski definition) is 2. The number of hydrogen-bond acceptors (Lipinski definition) is 4. The van der Waals surface area contributed by atoms with Gasteiger partial charge in [-0.15, -0.1) is 0 Å². The Labute approximate surface area is 124 Å². The van der Waals surface area contributed by atoms with Gasteiger partial charge in [-0.1, -0.05) is 30.8 Å². The van der Waals surface area contributed by atoms with Crippen molar-refractivity contribution in [2.45, 2.75) is 37.2 Å². The third-order valence-electron chi connectivity index (χ3n) is 3.37. The van der Waals surface area contributed by atoms with E-state index in [2.05, 4.69) is 24.2 Å². The molecule has 1 aliphatic rings. The van der Waals surface area contributed by atoms with Crippen LogP contribution in [-0.4, -0.2) is 24.9 Å². The lowest BCUT2D eigenvalue weighted by molar-refractivity contribution is 0.466. The van der Waals surface area contributed by atoms with Gasteiger partial charge in [-0.05, 0) is 31.0 Å². The van der Waals surface area contributed by atoms with Gasteiger partial charge in [-0.25, -0.2) is 13.6 Å². The van der Waals surface area contributed by atoms with Crippen molar-refractivity contribution < 1.29 is 8.42 Å². The molecular formula is C13H19N3O2S2. The molecule has 5 nitrogen and oxygen atoms in total. The summed E-state index contributed by atoms with van der Waals surface area (Å²) in [6.07, 6.45) is 1.06. The summed E-state index contributed by atoms with van der Waals surface area (Å²) < 4.78 is 22.3. The number of amidine groups is 1. The van der Waals surface area contributed by atoms with E-state index in [1.165, 1.54) is 12.1 Å². The first-order valence-corrected chi connectivity index (χ1v) is 8.93. The Morgan fingerprint density at radius 2 is 2.05 bits per heavy atom. The van der Waals surface area contributed by atoms with Crippen molar-refractivity contribution in [3.63, 3.8) is 0 Å². The molecule has 0 radical (unpaired) electrons. The predicted octanol–water partition coefficient (Wildman–Crippen LogP) is 1.70. The fourth-order valence-electron chi connectivity index (χ4n) is 1.78. The number of thioether (sulfide) groups is 1. The number of nitrogens with one attached hydrogen (secondary N) is 1. The minimum atomic E-state index is -3.62. The minimum absolute atomic E-state index is 0.126. The summed E-state index contributed by atoms with van der Waals surface area (Å²) in [6.45, 7) is 4.87. The second-order valence-electron chi connectivity index (χ2n) is 5.14. The van der Waals surface area contributed by atoms with Crippen LogP contribution in [0.3, 0.4) is 0 Å². The van der Waals surface area contributed by atoms with E-state index in [-0.39, 0.29) is 10.4 Å². The van der Waals surface area contributed by atoms with Crippen LogP contribution in [0.25, 0.3) is 0 Å². The van der Waals surface area contributed by atoms with E-state index < -0.39 is 10.0 Å². The van der Waals surface area contributed by atoms with Crippen LogP contribution in [-0.2, 0) is 16.6 Å². The summed E-state index contributed by atoms with van der Waals surface area (Å²) in [5.41, 5.74) is 1.08. The Bertz CT molecular complexity index is 611. The monoisotopic (exact) mass is 313 g/mol. The fourth-order valence-corrected chi connectivity index (χ4v) is 3.50. The molecule has 3 N–H and O–H groups in total. The summed E-state index contributed by atoms with van der Waals surface area (Å²) in [5, 5.41) is 9.43. The average molecular weight is 313 g/mol. The lowest BCUT2D eigenvalue weighted by atomic mass is 10.0. The smallest absolute Gasteiger partial charge is 0.238 e. The Balaban J connectivity index is 2.02. The molecule has 1 aromatic carbocycles. The first-order valence-electron chi connectivity index (χ1n) is 6.39. The Morgan fingerprint density at radius 3 is 2.55 bits per heavy atom. The summed E-state index contributed by atoms with van der Waals surface area (Å²) in [6, 6.07) is 6.50. The van der Waals surface area contributed by atoms with Crippen LogP contribution in [0.2, 0.25) is 0 Å². The summed E-state index contributed by atoms with van der Waals surface area (Å²) >= 11 is 1.72. The van der Waals surface area contributed by atoms with Crippen LogP contribution in [0.15, 0.2) is 34.2 Å². The Morgan fingerprint density at radius 1 is 1.40 bits per heavy atom. The van der Waals surface area contributed by atoms with Crippen LogP contribution in [0, 0.1) is 0 Å². The van der Waals surface area contributed by atoms with Crippen molar-refractivity contribution in [1.82, 2.24) is 5.32 Å². The van der Waals surface area contributed by atoms with Gasteiger partial charge in [-0.2, -0.15) is 0 Å². The second kappa shape index (κ2) is 5.75. The first-order chi connectivity index (χ1) is 9.32. The van der Waals surface area contributed by atoms with Gasteiger partial charge in [0.2, 0.25) is 10.0 Å². The van der Waals surface area contributed by atoms with Crippen molar-refractivity contribution in [1.29, 1.82) is 0 Å². The first kappa shape index (κ1) is 15.3. The molecule has 1 aromatic rings. The second-order valence-corrected chi connectivity index (χ2v) is 7.66. The highest BCUT2D eigenvalue weighted by Gasteiger charge is 2.30. The largest absolute Gasteiger partial charge is 0.359 e. The molecule has 0 saturated carbocycles. The van der Waals surface area contributed by atoms with Gasteiger partial charge in [0.05, 0.1) is 11.4 Å². The summed E-state index contributed by atoms with van der Waals surface area (Å²) in [4.78, 5) is 4.64. The Hall–Kier alpha value is -1.05. The lowest BCUT2D eigenvalue weighted by Crippen LogP contribution is -2.39. The average Bonchev–Trinajstić information content (AvgIpc) is 2.79. The molecule has 0 spiro atoms. The number of nitrogens with two attached hydrogens (primary N) is 1. The molecule has 7 heteroatoms. The number of primary sulfonamides is 1. The topological polar surface area (TPSA) is 84.5 Å². The molecule has 1 saturated heterocycles. The zero-order valence-electron chi connectivity index (χ0n) is 11.6. The quantitative estimate of drug-likeness (QED) is 0.886. The van der Waals surface area contributed by atoms with Crippen molar-refractivity contribution in [3.05, 3.63) is 29.8 Å². The van der Waals surface area contributed by atoms with Gasteiger partial charge in [0, 0.05) is 11.3 Å². The van der Waals surface area contributed by atoms with E-state index in [9.17, 15) is 8.42 Å². The zero-order chi connectivity index (χ0) is 14.8. The van der Waals surface area contributed by atoms with Gasteiger partial charge < -0.3 is 5.32 Å². The minimum Gasteiger partial charge on any atom is -0.359 e. The highest BCUT2D eigenvalue weighted by atomic mass is 32.2. The standard InChI is InChI=1S/C13H19N3O2S2/c1-3-13(2)9-19-12(16-13)15-8-10-4-6-11(7-5-10)20(14,17)18/h4-7H,3,8-9H2,1-2H3,(H,15,16)(H2,14,17,18). The van der Waals surface area contributed by atoms with Crippen molar-refractivity contribution in [2.75, 3.05) is 5.75 Å². The molecule has 2 rings (SSSR count). The van der Waals surface area contributed by atoms with Crippen molar-refractivity contribution in [2.24, 2.45) is 10.1 Å². The van der Waals surface area contributed by atoms with E-state index >= 15 is 0 Å². The van der Waals surface area contributed by atoms with Crippen molar-refractivity contribution in [3.8, 4) is 0 Å². The molecule has 1 fully saturated rings. The maximum Gasteiger partial charge on any atom is 0.238 e. The van der Waals surface area contributed by atoms with Gasteiger partial charge in [0.1, 0.15) is 0 Å². The van der Waals surface area contributed by atoms with Gasteiger partial charge in [0.25, 0.3) is 0 Å². The molecule has 110 valence electrons. The number of sulfonamides is 1. The number of nitrogens with zero attached hydrogens (tertiary/aromatic N) is 1. The predicted molar refractivity (Wildman–Crippen MR) is 83.2 cm³/mol. The van der Waals surface area contributed by atoms with E-state index in [1.54, 1.807) is 23.9 Å². The fraction of sp³-hybridized carbons (Fsp3) is 0.462. The molecule has 0 aliphatic carbocycles. The number of rotatable bonds is 4. The molecule has 0 amide bonds. The van der Waals surface area contributed by atoms with E-state index in [1.807, 2.05) is 0 Å². The van der Waals surface area contributed by atoms with Crippen LogP contribution >= 0.6 is 11.8 Å². The van der Waals surface area contributed by atoms with Gasteiger partial charge in [0.15, 0.2) is 5.17 Å². The van der Waals surface area contributed by atoms with Crippen LogP contribution in [0.4, 0.5) is 0 Å². The normalized spacial score (nSPS) is 24.9. The van der Waals surface area contributed by atoms with Gasteiger partial charge >= 0.3 is 0 Å². The molecule has 1 heterocycles. The summed E-state index contributed by atoms with van der Waals surface area (Å²) in [5.74, 6) is 1.02. The van der Waals surface area contributed by atoms with E-state index in [0.717, 1.165) is 22.9 Å². The van der Waals surface area contributed by atoms with Crippen LogP contribution in [0.5, 0.6) is 0 Å². The molecule has 1 aliphatic heterocycles. The maximum absolute atomic E-state index is 11.2. The molecule has 20 heavy (non-hydrogen) atoms. The Kier molecular flexibility index (Phi) is 4.41. The number of aliphatic imine (C=N–C) groups is 1. The number of benzene rings is 1. The van der Waals surface area contributed by atoms with Gasteiger partial charge in [-0.3, -0.25) is 4.99 Å². The lowest BCUT2D eigenvalue weighted by Gasteiger charge is -2.20. The molecule has 1 atom stereocenters. The SMILES string of the molecule is CCC1(C)CSC(=NCc2ccc(S(N)(=O)=O)cc2)N1. The summed E-state index contributed by atoms with van der Waals surface area (Å²) in [7, 11) is -3.62. The highest BCUT2D eigenvalue weighted by Crippen LogP contribution is 2.25. The van der Waals surface area contributed by atoms with Crippen LogP contribution in [0.1, 0.15) is 25.8 Å². The molecule has 0 bridgehead atoms. The third kappa shape index (κ3) is 3.74. The highest BCUT2D eigenvalue weighted by molar-refractivity contribution is 8.14. The zero-order valence-corrected chi connectivity index (χ0v) is 13.2. The molecule has 0 aromatic heterocycles. The van der Waals surface area contributed by atoms with Crippen molar-refractivity contribution >= 4 is 27.0 Å². The third-order valence-corrected chi connectivity index (χ3v) is 5.59.